The van der Waals surface area contributed by atoms with Crippen molar-refractivity contribution in [3.05, 3.63) is 76.7 Å². The average molecular weight is 546 g/mol. The molecule has 0 atom stereocenters. The number of halogens is 1. The van der Waals surface area contributed by atoms with Gasteiger partial charge in [0, 0.05) is 18.7 Å². The average Bonchev–Trinajstić information content (AvgIpc) is 3.56. The second kappa shape index (κ2) is 11.1. The van der Waals surface area contributed by atoms with E-state index >= 15 is 0 Å². The number of benzene rings is 2. The quantitative estimate of drug-likeness (QED) is 0.227. The molecule has 0 N–H and O–H groups in total. The van der Waals surface area contributed by atoms with E-state index in [1.165, 1.54) is 32.7 Å². The van der Waals surface area contributed by atoms with Crippen LogP contribution in [0, 0.1) is 6.92 Å². The number of fused-ring (bicyclic) bond motifs is 1. The Morgan fingerprint density at radius 2 is 1.86 bits per heavy atom. The van der Waals surface area contributed by atoms with E-state index in [4.69, 9.17) is 21.0 Å². The summed E-state index contributed by atoms with van der Waals surface area (Å²) in [6.07, 6.45) is 3.24. The highest BCUT2D eigenvalue weighted by atomic mass is 35.5. The number of carbonyl (C=O) groups is 1. The number of carbonyl (C=O) groups excluding carboxylic acids is 1. The van der Waals surface area contributed by atoms with Gasteiger partial charge in [0.25, 0.3) is 5.91 Å². The number of amides is 1. The van der Waals surface area contributed by atoms with Crippen LogP contribution >= 0.6 is 22.9 Å². The molecule has 4 aromatic rings. The number of aryl methyl sites for hydroxylation is 1. The summed E-state index contributed by atoms with van der Waals surface area (Å²) in [6, 6.07) is 13.3. The number of anilines is 1. The molecule has 0 radical (unpaired) electrons. The molecule has 0 saturated heterocycles. The first-order chi connectivity index (χ1) is 17.3. The van der Waals surface area contributed by atoms with E-state index in [0.717, 1.165) is 28.6 Å². The molecule has 190 valence electrons. The van der Waals surface area contributed by atoms with Crippen LogP contribution in [0.2, 0.25) is 5.02 Å². The van der Waals surface area contributed by atoms with Gasteiger partial charge in [0.05, 0.1) is 32.9 Å². The predicted octanol–water partition coefficient (Wildman–Crippen LogP) is 6.51. The van der Waals surface area contributed by atoms with Crippen molar-refractivity contribution in [2.24, 2.45) is 0 Å². The fourth-order valence-corrected chi connectivity index (χ4v) is 6.65. The summed E-state index contributed by atoms with van der Waals surface area (Å²) >= 11 is 7.73. The van der Waals surface area contributed by atoms with E-state index < -0.39 is 10.0 Å². The Bertz CT molecular complexity index is 1410. The van der Waals surface area contributed by atoms with E-state index in [2.05, 4.69) is 0 Å². The Labute approximate surface area is 220 Å². The molecule has 0 aliphatic heterocycles. The van der Waals surface area contributed by atoms with Gasteiger partial charge in [-0.2, -0.15) is 4.31 Å². The number of rotatable bonds is 10. The first kappa shape index (κ1) is 26.3. The number of aromatic nitrogens is 1. The number of hydrogen-bond acceptors (Lipinski definition) is 6. The first-order valence-corrected chi connectivity index (χ1v) is 14.4. The molecule has 10 heteroatoms. The minimum absolute atomic E-state index is 0.164. The van der Waals surface area contributed by atoms with Crippen molar-refractivity contribution in [1.29, 1.82) is 0 Å². The van der Waals surface area contributed by atoms with Crippen molar-refractivity contribution in [1.82, 2.24) is 9.29 Å². The highest BCUT2D eigenvalue weighted by Gasteiger charge is 2.26. The first-order valence-electron chi connectivity index (χ1n) is 11.8. The molecule has 1 amide bonds. The monoisotopic (exact) mass is 545 g/mol. The molecule has 0 unspecified atom stereocenters. The molecule has 2 aromatic heterocycles. The summed E-state index contributed by atoms with van der Waals surface area (Å²) in [5.74, 6) is 0.278. The number of hydrogen-bond donors (Lipinski definition) is 0. The van der Waals surface area contributed by atoms with Crippen molar-refractivity contribution in [3.63, 3.8) is 0 Å². The van der Waals surface area contributed by atoms with Crippen LogP contribution in [0.15, 0.2) is 64.1 Å². The SMILES string of the molecule is CCCCN(CC)S(=O)(=O)c1ccc(C(=O)N(Cc2ccco2)c2nc3c(C)ccc(Cl)c3s2)cc1. The zero-order chi connectivity index (χ0) is 25.9. The summed E-state index contributed by atoms with van der Waals surface area (Å²) in [7, 11) is -3.64. The van der Waals surface area contributed by atoms with Crippen molar-refractivity contribution < 1.29 is 17.6 Å². The molecule has 0 aliphatic rings. The van der Waals surface area contributed by atoms with E-state index in [1.807, 2.05) is 32.9 Å². The second-order valence-corrected chi connectivity index (χ2v) is 11.7. The Balaban J connectivity index is 1.68. The Kier molecular flexibility index (Phi) is 8.14. The van der Waals surface area contributed by atoms with Gasteiger partial charge in [0.15, 0.2) is 5.13 Å². The third-order valence-corrected chi connectivity index (χ3v) is 9.44. The van der Waals surface area contributed by atoms with Gasteiger partial charge in [-0.15, -0.1) is 0 Å². The number of furan rings is 1. The predicted molar refractivity (Wildman–Crippen MR) is 144 cm³/mol. The molecular formula is C26H28ClN3O4S2. The van der Waals surface area contributed by atoms with Crippen LogP contribution in [0.5, 0.6) is 0 Å². The Hall–Kier alpha value is -2.72. The summed E-state index contributed by atoms with van der Waals surface area (Å²) in [4.78, 5) is 20.1. The smallest absolute Gasteiger partial charge is 0.260 e. The van der Waals surface area contributed by atoms with Gasteiger partial charge in [0.1, 0.15) is 5.76 Å². The molecule has 0 bridgehead atoms. The molecule has 4 rings (SSSR count). The van der Waals surface area contributed by atoms with E-state index in [0.29, 0.717) is 34.6 Å². The van der Waals surface area contributed by atoms with Crippen molar-refractivity contribution in [2.75, 3.05) is 18.0 Å². The number of thiazole rings is 1. The van der Waals surface area contributed by atoms with Gasteiger partial charge in [0.2, 0.25) is 10.0 Å². The molecule has 0 spiro atoms. The van der Waals surface area contributed by atoms with Crippen molar-refractivity contribution in [2.45, 2.75) is 45.1 Å². The second-order valence-electron chi connectivity index (χ2n) is 8.38. The van der Waals surface area contributed by atoms with Crippen LogP contribution in [-0.4, -0.2) is 36.7 Å². The molecule has 0 saturated carbocycles. The van der Waals surface area contributed by atoms with Crippen LogP contribution in [-0.2, 0) is 16.6 Å². The normalized spacial score (nSPS) is 11.9. The molecule has 7 nitrogen and oxygen atoms in total. The van der Waals surface area contributed by atoms with Gasteiger partial charge in [-0.3, -0.25) is 9.69 Å². The van der Waals surface area contributed by atoms with Crippen LogP contribution in [0.1, 0.15) is 48.4 Å². The summed E-state index contributed by atoms with van der Waals surface area (Å²) in [5.41, 5.74) is 2.05. The molecular weight excluding hydrogens is 518 g/mol. The summed E-state index contributed by atoms with van der Waals surface area (Å²) in [6.45, 7) is 6.81. The fraction of sp³-hybridized carbons (Fsp3) is 0.308. The lowest BCUT2D eigenvalue weighted by molar-refractivity contribution is 0.0983. The molecule has 0 fully saturated rings. The fourth-order valence-electron chi connectivity index (χ4n) is 3.85. The third-order valence-electron chi connectivity index (χ3n) is 5.91. The highest BCUT2D eigenvalue weighted by molar-refractivity contribution is 7.89. The van der Waals surface area contributed by atoms with E-state index in [-0.39, 0.29) is 17.3 Å². The van der Waals surface area contributed by atoms with Crippen LogP contribution < -0.4 is 4.90 Å². The highest BCUT2D eigenvalue weighted by Crippen LogP contribution is 2.36. The van der Waals surface area contributed by atoms with Crippen molar-refractivity contribution >= 4 is 54.2 Å². The van der Waals surface area contributed by atoms with Crippen LogP contribution in [0.3, 0.4) is 0 Å². The largest absolute Gasteiger partial charge is 0.467 e. The van der Waals surface area contributed by atoms with Gasteiger partial charge in [-0.1, -0.05) is 49.3 Å². The molecule has 0 aliphatic carbocycles. The maximum absolute atomic E-state index is 13.7. The number of unbranched alkanes of at least 4 members (excludes halogenated alkanes) is 1. The molecule has 2 aromatic carbocycles. The Morgan fingerprint density at radius 3 is 2.47 bits per heavy atom. The zero-order valence-corrected chi connectivity index (χ0v) is 22.8. The lowest BCUT2D eigenvalue weighted by atomic mass is 10.2. The molecule has 2 heterocycles. The maximum atomic E-state index is 13.7. The lowest BCUT2D eigenvalue weighted by Crippen LogP contribution is -2.32. The Morgan fingerprint density at radius 1 is 1.11 bits per heavy atom. The number of nitrogens with zero attached hydrogens (tertiary/aromatic N) is 3. The number of sulfonamides is 1. The van der Waals surface area contributed by atoms with E-state index in [9.17, 15) is 13.2 Å². The lowest BCUT2D eigenvalue weighted by Gasteiger charge is -2.21. The summed E-state index contributed by atoms with van der Waals surface area (Å²) < 4.78 is 33.9. The third kappa shape index (κ3) is 5.34. The van der Waals surface area contributed by atoms with Gasteiger partial charge < -0.3 is 4.42 Å². The van der Waals surface area contributed by atoms with Crippen molar-refractivity contribution in [3.8, 4) is 0 Å². The van der Waals surface area contributed by atoms with Gasteiger partial charge >= 0.3 is 0 Å². The zero-order valence-electron chi connectivity index (χ0n) is 20.4. The molecule has 36 heavy (non-hydrogen) atoms. The minimum Gasteiger partial charge on any atom is -0.467 e. The van der Waals surface area contributed by atoms with Gasteiger partial charge in [-0.25, -0.2) is 13.4 Å². The van der Waals surface area contributed by atoms with Crippen LogP contribution in [0.25, 0.3) is 10.2 Å². The van der Waals surface area contributed by atoms with Crippen LogP contribution in [0.4, 0.5) is 5.13 Å². The maximum Gasteiger partial charge on any atom is 0.260 e. The minimum atomic E-state index is -3.64. The summed E-state index contributed by atoms with van der Waals surface area (Å²) in [5, 5.41) is 1.05. The standard InChI is InChI=1S/C26H28ClN3O4S2/c1-4-6-15-29(5-2)36(32,33)21-12-10-19(11-13-21)25(31)30(17-20-8-7-16-34-20)26-28-23-18(3)9-14-22(27)24(23)35-26/h7-14,16H,4-6,15,17H2,1-3H3. The van der Waals surface area contributed by atoms with Gasteiger partial charge in [-0.05, 0) is 61.4 Å². The van der Waals surface area contributed by atoms with E-state index in [1.54, 1.807) is 30.5 Å². The topological polar surface area (TPSA) is 83.7 Å².